The van der Waals surface area contributed by atoms with Crippen molar-refractivity contribution in [1.29, 1.82) is 0 Å². The fourth-order valence-electron chi connectivity index (χ4n) is 7.41. The van der Waals surface area contributed by atoms with Crippen LogP contribution >= 0.6 is 0 Å². The number of amides is 3. The van der Waals surface area contributed by atoms with E-state index in [9.17, 15) is 14.4 Å². The van der Waals surface area contributed by atoms with Crippen molar-refractivity contribution in [3.8, 4) is 0 Å². The molecule has 3 aliphatic heterocycles. The van der Waals surface area contributed by atoms with Gasteiger partial charge in [0.25, 0.3) is 19.5 Å². The molecular weight excluding hydrogens is 877 g/mol. The number of likely N-dealkylation sites (tertiary alicyclic amines) is 3. The van der Waals surface area contributed by atoms with Crippen LogP contribution in [0.4, 0.5) is 17.5 Å². The standard InChI is InChI=1S/3C16H20N6O/c3*1-11-5-7-22(14(23)8-17-2)9-13(11)21(3)16-12-4-6-18-15(12)19-10-20-16/h3*4,6,10-11,13H,5,7-9H2,1,3H3,(H,18,19,20)/t3*11-,13+/m111/s1/i8D2,9D2,10D,11D,13D;1D3,3D3,8D2,9D2,10D;3D3,8D2,9D2,10D. The Bertz CT molecular complexity index is 4040. The highest BCUT2D eigenvalue weighted by molar-refractivity contribution is 5.89. The summed E-state index contributed by atoms with van der Waals surface area (Å²) in [6.45, 7) is -4.00. The molecule has 0 spiro atoms. The number of H-pyrrole nitrogens is 3. The van der Waals surface area contributed by atoms with Gasteiger partial charge in [-0.05, 0) is 55.2 Å². The number of rotatable bonds is 9. The Morgan fingerprint density at radius 3 is 1.48 bits per heavy atom. The number of fused-ring (bicyclic) bond motifs is 3. The number of aromatic amines is 3. The van der Waals surface area contributed by atoms with Crippen molar-refractivity contribution in [2.24, 2.45) is 17.7 Å². The van der Waals surface area contributed by atoms with Gasteiger partial charge in [0.2, 0.25) is 0 Å². The molecule has 69 heavy (non-hydrogen) atoms. The first-order chi connectivity index (χ1) is 43.3. The van der Waals surface area contributed by atoms with Crippen LogP contribution in [-0.4, -0.2) is 175 Å². The Morgan fingerprint density at radius 2 is 1.06 bits per heavy atom. The number of nitrogens with zero attached hydrogens (tertiary/aromatic N) is 15. The lowest BCUT2D eigenvalue weighted by molar-refractivity contribution is -0.131. The van der Waals surface area contributed by atoms with Crippen LogP contribution in [0.25, 0.3) is 47.6 Å². The molecule has 9 rings (SSSR count). The molecule has 0 saturated carbocycles. The van der Waals surface area contributed by atoms with E-state index in [1.807, 2.05) is 0 Å². The number of anilines is 3. The minimum Gasteiger partial charge on any atom is -0.354 e. The summed E-state index contributed by atoms with van der Waals surface area (Å²) in [4.78, 5) is 81.4. The Balaban J connectivity index is 0.000000202. The normalized spacial score (nSPS) is 32.2. The summed E-state index contributed by atoms with van der Waals surface area (Å²) < 4.78 is 211. The number of hydrogen-bond acceptors (Lipinski definition) is 12. The first-order valence-electron chi connectivity index (χ1n) is 33.7. The van der Waals surface area contributed by atoms with Gasteiger partial charge in [-0.3, -0.25) is 14.4 Å². The van der Waals surface area contributed by atoms with Crippen LogP contribution in [0.15, 0.2) is 55.7 Å². The lowest BCUT2D eigenvalue weighted by Crippen LogP contribution is -2.53. The first kappa shape index (κ1) is 25.5. The molecule has 6 aromatic rings. The van der Waals surface area contributed by atoms with Crippen molar-refractivity contribution >= 4 is 68.3 Å². The van der Waals surface area contributed by atoms with Crippen molar-refractivity contribution in [2.75, 3.05) is 94.3 Å². The molecule has 3 fully saturated rings. The Hall–Kier alpha value is -7.86. The van der Waals surface area contributed by atoms with Gasteiger partial charge in [-0.2, -0.15) is 0 Å². The van der Waals surface area contributed by atoms with Gasteiger partial charge in [0, 0.05) is 92.4 Å². The fraction of sp³-hybridized carbons (Fsp3) is 0.500. The van der Waals surface area contributed by atoms with Crippen molar-refractivity contribution in [3.05, 3.63) is 90.0 Å². The number of piperidine rings is 3. The minimum absolute atomic E-state index is 0.0195. The van der Waals surface area contributed by atoms with E-state index in [0.29, 0.717) is 30.6 Å². The van der Waals surface area contributed by atoms with E-state index in [1.54, 1.807) is 19.2 Å². The molecule has 0 aliphatic carbocycles. The predicted molar refractivity (Wildman–Crippen MR) is 264 cm³/mol. The molecule has 0 aromatic carbocycles. The van der Waals surface area contributed by atoms with E-state index in [0.717, 1.165) is 9.80 Å². The second-order valence-corrected chi connectivity index (χ2v) is 15.3. The smallest absolute Gasteiger partial charge is 0.302 e. The van der Waals surface area contributed by atoms with Gasteiger partial charge in [0.15, 0.2) is 0 Å². The first-order valence-corrected chi connectivity index (χ1v) is 20.7. The van der Waals surface area contributed by atoms with E-state index in [4.69, 9.17) is 55.4 Å². The van der Waals surface area contributed by atoms with Gasteiger partial charge in [-0.1, -0.05) is 20.7 Å². The highest BCUT2D eigenvalue weighted by Gasteiger charge is 2.36. The maximum atomic E-state index is 12.7. The van der Waals surface area contributed by atoms with Crippen molar-refractivity contribution < 1.29 is 50.0 Å². The van der Waals surface area contributed by atoms with Crippen LogP contribution in [0.1, 0.15) is 75.6 Å². The number of nitrogens with one attached hydrogen (secondary N) is 3. The van der Waals surface area contributed by atoms with Gasteiger partial charge in [0.1, 0.15) is 65.6 Å². The number of carbonyl (C=O) groups excluding carboxylic acids is 3. The van der Waals surface area contributed by atoms with E-state index in [-0.39, 0.29) is 65.9 Å². The monoisotopic (exact) mass is 963 g/mol. The quantitative estimate of drug-likeness (QED) is 0.169. The summed E-state index contributed by atoms with van der Waals surface area (Å²) in [5.74, 6) is -8.91. The molecule has 6 aromatic heterocycles. The minimum atomic E-state index is -3.20. The number of carbonyl (C=O) groups is 3. The molecular formula is C48H60N18O3. The SMILES string of the molecule is [2H]c1nc(N(C)[C@@]2([2H])C([2H])([2H])N(C(=O)C([2H])([2H])[N+]#[C-])CC[C@@]2([2H])C)c2cc[nH]c2n1.[2H]c1nc(N([C@@H]2[C@H](C([2H])([2H])[2H])CCN(C(=O)C([2H])([2H])[N+]#[C-])C2([2H])[2H])C([2H])([2H])[2H])c2cc[nH]c2n1.[2H]c1nc(N([C@@H]2[C@H](C)CCN(C(=O)C([2H])([2H])[N+]#[C-])C2([2H])[2H])C([2H])([2H])[2H])c2cc[nH]c2n1. The summed E-state index contributed by atoms with van der Waals surface area (Å²) in [6.07, 6.45) is 2.58. The third-order valence-corrected chi connectivity index (χ3v) is 11.0. The van der Waals surface area contributed by atoms with Crippen LogP contribution in [0.3, 0.4) is 0 Å². The maximum Gasteiger partial charge on any atom is 0.302 e. The highest BCUT2D eigenvalue weighted by Crippen LogP contribution is 2.31. The zero-order chi connectivity index (χ0) is 71.9. The highest BCUT2D eigenvalue weighted by atomic mass is 16.2. The Morgan fingerprint density at radius 1 is 0.667 bits per heavy atom. The van der Waals surface area contributed by atoms with E-state index in [1.165, 1.54) is 38.5 Å². The van der Waals surface area contributed by atoms with Gasteiger partial charge in [-0.15, -0.1) is 0 Å². The lowest BCUT2D eigenvalue weighted by atomic mass is 9.92. The molecule has 3 aliphatic rings. The van der Waals surface area contributed by atoms with Crippen molar-refractivity contribution in [2.45, 2.75) is 58.1 Å². The molecule has 21 nitrogen and oxygen atoms in total. The number of aromatic nitrogens is 9. The second-order valence-electron chi connectivity index (χ2n) is 15.3. The van der Waals surface area contributed by atoms with Gasteiger partial charge in [0.05, 0.1) is 43.9 Å². The van der Waals surface area contributed by atoms with Crippen LogP contribution in [0.5, 0.6) is 0 Å². The zero-order valence-electron chi connectivity index (χ0n) is 62.9. The van der Waals surface area contributed by atoms with Gasteiger partial charge >= 0.3 is 17.7 Å². The van der Waals surface area contributed by atoms with Gasteiger partial charge < -0.3 is 58.9 Å². The third-order valence-electron chi connectivity index (χ3n) is 11.0. The van der Waals surface area contributed by atoms with E-state index in [2.05, 4.69) is 59.4 Å². The van der Waals surface area contributed by atoms with Gasteiger partial charge in [-0.25, -0.2) is 49.6 Å². The van der Waals surface area contributed by atoms with Crippen molar-refractivity contribution in [1.82, 2.24) is 59.6 Å². The average Bonchev–Trinajstić information content (AvgIpc) is 1.08. The Kier molecular flexibility index (Phi) is 8.23. The van der Waals surface area contributed by atoms with E-state index >= 15 is 0 Å². The second kappa shape index (κ2) is 22.3. The molecule has 360 valence electrons. The molecule has 9 heterocycles. The number of likely N-dealkylation sites (N-methyl/N-ethyl adjacent to an activating group) is 3. The largest absolute Gasteiger partial charge is 0.354 e. The molecule has 0 radical (unpaired) electrons. The topological polar surface area (TPSA) is 208 Å². The van der Waals surface area contributed by atoms with Crippen LogP contribution in [-0.2, 0) is 14.4 Å². The molecule has 6 atom stereocenters. The molecule has 3 N–H and O–H groups in total. The zero-order valence-corrected chi connectivity index (χ0v) is 36.9. The summed E-state index contributed by atoms with van der Waals surface area (Å²) in [6, 6.07) is -1.52. The van der Waals surface area contributed by atoms with Crippen LogP contribution in [0.2, 0.25) is 0 Å². The molecule has 3 amide bonds. The third kappa shape index (κ3) is 11.0. The summed E-state index contributed by atoms with van der Waals surface area (Å²) in [7, 11) is 1.34. The lowest BCUT2D eigenvalue weighted by Gasteiger charge is -2.41. The number of hydrogen-bond donors (Lipinski definition) is 3. The molecule has 0 unspecified atom stereocenters. The molecule has 3 saturated heterocycles. The molecule has 0 bridgehead atoms. The van der Waals surface area contributed by atoms with Crippen LogP contribution in [0, 0.1) is 37.4 Å². The summed E-state index contributed by atoms with van der Waals surface area (Å²) >= 11 is 0. The molecule has 21 heteroatoms. The summed E-state index contributed by atoms with van der Waals surface area (Å²) in [5, 5.41) is 0.730. The maximum absolute atomic E-state index is 12.7. The average molecular weight is 963 g/mol. The predicted octanol–water partition coefficient (Wildman–Crippen LogP) is 4.65. The fourth-order valence-corrected chi connectivity index (χ4v) is 7.41. The Labute approximate surface area is 438 Å². The van der Waals surface area contributed by atoms with Crippen molar-refractivity contribution in [3.63, 3.8) is 0 Å². The van der Waals surface area contributed by atoms with E-state index < -0.39 is 145 Å². The summed E-state index contributed by atoms with van der Waals surface area (Å²) in [5.41, 5.74) is 0.551. The van der Waals surface area contributed by atoms with Crippen LogP contribution < -0.4 is 14.7 Å².